The van der Waals surface area contributed by atoms with Crippen molar-refractivity contribution in [3.05, 3.63) is 77.5 Å². The zero-order valence-electron chi connectivity index (χ0n) is 12.1. The van der Waals surface area contributed by atoms with Gasteiger partial charge in [0.2, 0.25) is 11.8 Å². The lowest BCUT2D eigenvalue weighted by Crippen LogP contribution is -1.88. The van der Waals surface area contributed by atoms with Crippen LogP contribution in [0.4, 0.5) is 0 Å². The molecule has 23 heavy (non-hydrogen) atoms. The average Bonchev–Trinajstić information content (AvgIpc) is 3.27. The van der Waals surface area contributed by atoms with Crippen LogP contribution in [0, 0.1) is 0 Å². The van der Waals surface area contributed by atoms with Gasteiger partial charge in [-0.15, -0.1) is 10.2 Å². The van der Waals surface area contributed by atoms with Gasteiger partial charge in [0.25, 0.3) is 0 Å². The molecule has 4 nitrogen and oxygen atoms in total. The van der Waals surface area contributed by atoms with Crippen molar-refractivity contribution in [2.24, 2.45) is 0 Å². The Morgan fingerprint density at radius 3 is 2.22 bits per heavy atom. The first-order chi connectivity index (χ1) is 11.3. The minimum Gasteiger partial charge on any atom is -0.416 e. The van der Waals surface area contributed by atoms with Gasteiger partial charge in [0.15, 0.2) is 0 Å². The number of hydrogen-bond donors (Lipinski definition) is 0. The Morgan fingerprint density at radius 2 is 1.48 bits per heavy atom. The van der Waals surface area contributed by atoms with E-state index in [0.29, 0.717) is 11.8 Å². The van der Waals surface area contributed by atoms with E-state index < -0.39 is 0 Å². The molecule has 0 atom stereocenters. The van der Waals surface area contributed by atoms with Crippen LogP contribution < -0.4 is 0 Å². The van der Waals surface area contributed by atoms with E-state index in [-0.39, 0.29) is 0 Å². The van der Waals surface area contributed by atoms with Crippen molar-refractivity contribution in [2.75, 3.05) is 0 Å². The van der Waals surface area contributed by atoms with Crippen molar-refractivity contribution in [1.29, 1.82) is 0 Å². The summed E-state index contributed by atoms with van der Waals surface area (Å²) in [6.07, 6.45) is 4.01. The minimum atomic E-state index is 0.502. The van der Waals surface area contributed by atoms with E-state index in [0.717, 1.165) is 21.3 Å². The second-order valence-electron chi connectivity index (χ2n) is 5.03. The Balaban J connectivity index is 1.66. The lowest BCUT2D eigenvalue weighted by molar-refractivity contribution is 0.584. The molecular formula is C18H12BrN3O. The Morgan fingerprint density at radius 1 is 0.783 bits per heavy atom. The monoisotopic (exact) mass is 365 g/mol. The van der Waals surface area contributed by atoms with Crippen LogP contribution in [0.5, 0.6) is 0 Å². The molecule has 4 aromatic rings. The molecule has 0 amide bonds. The summed E-state index contributed by atoms with van der Waals surface area (Å²) in [4.78, 5) is 0. The van der Waals surface area contributed by atoms with Crippen molar-refractivity contribution < 1.29 is 4.42 Å². The van der Waals surface area contributed by atoms with Crippen LogP contribution in [-0.4, -0.2) is 14.8 Å². The molecule has 0 fully saturated rings. The first-order valence-corrected chi connectivity index (χ1v) is 7.93. The van der Waals surface area contributed by atoms with E-state index in [1.807, 2.05) is 77.6 Å². The maximum Gasteiger partial charge on any atom is 0.249 e. The Labute approximate surface area is 141 Å². The maximum absolute atomic E-state index is 5.81. The minimum absolute atomic E-state index is 0.502. The van der Waals surface area contributed by atoms with Gasteiger partial charge >= 0.3 is 0 Å². The SMILES string of the molecule is Brc1ccccc1-c1nnc(-c2ccc(-n3cccc3)cc2)o1. The number of nitrogens with zero attached hydrogens (tertiary/aromatic N) is 3. The first-order valence-electron chi connectivity index (χ1n) is 7.13. The smallest absolute Gasteiger partial charge is 0.249 e. The summed E-state index contributed by atoms with van der Waals surface area (Å²) < 4.78 is 8.78. The summed E-state index contributed by atoms with van der Waals surface area (Å²) in [5, 5.41) is 8.30. The predicted octanol–water partition coefficient (Wildman–Crippen LogP) is 4.96. The fraction of sp³-hybridized carbons (Fsp3) is 0. The van der Waals surface area contributed by atoms with Crippen molar-refractivity contribution >= 4 is 15.9 Å². The standard InChI is InChI=1S/C18H12BrN3O/c19-16-6-2-1-5-15(16)18-21-20-17(23-18)13-7-9-14(10-8-13)22-11-3-4-12-22/h1-12H. The summed E-state index contributed by atoms with van der Waals surface area (Å²) >= 11 is 3.50. The van der Waals surface area contributed by atoms with Gasteiger partial charge < -0.3 is 8.98 Å². The highest BCUT2D eigenvalue weighted by Crippen LogP contribution is 2.29. The number of hydrogen-bond acceptors (Lipinski definition) is 3. The summed E-state index contributed by atoms with van der Waals surface area (Å²) in [6, 6.07) is 19.8. The van der Waals surface area contributed by atoms with Gasteiger partial charge in [-0.1, -0.05) is 12.1 Å². The fourth-order valence-electron chi connectivity index (χ4n) is 2.37. The molecule has 2 aromatic heterocycles. The number of benzene rings is 2. The molecule has 0 saturated carbocycles. The topological polar surface area (TPSA) is 43.9 Å². The molecule has 0 unspecified atom stereocenters. The number of halogens is 1. The maximum atomic E-state index is 5.81. The number of rotatable bonds is 3. The molecule has 0 aliphatic carbocycles. The van der Waals surface area contributed by atoms with Gasteiger partial charge in [0.05, 0.1) is 5.56 Å². The molecule has 2 aromatic carbocycles. The molecular weight excluding hydrogens is 354 g/mol. The largest absolute Gasteiger partial charge is 0.416 e. The van der Waals surface area contributed by atoms with Crippen molar-refractivity contribution in [2.45, 2.75) is 0 Å². The molecule has 0 saturated heterocycles. The van der Waals surface area contributed by atoms with Crippen LogP contribution in [0.2, 0.25) is 0 Å². The normalized spacial score (nSPS) is 10.8. The quantitative estimate of drug-likeness (QED) is 0.515. The third-order valence-electron chi connectivity index (χ3n) is 3.55. The van der Waals surface area contributed by atoms with Gasteiger partial charge in [-0.3, -0.25) is 0 Å². The lowest BCUT2D eigenvalue weighted by atomic mass is 10.2. The molecule has 0 aliphatic heterocycles. The average molecular weight is 366 g/mol. The Hall–Kier alpha value is -2.66. The van der Waals surface area contributed by atoms with Gasteiger partial charge in [-0.25, -0.2) is 0 Å². The van der Waals surface area contributed by atoms with E-state index in [1.54, 1.807) is 0 Å². The Bertz CT molecular complexity index is 927. The highest BCUT2D eigenvalue weighted by Gasteiger charge is 2.12. The van der Waals surface area contributed by atoms with E-state index in [2.05, 4.69) is 26.1 Å². The summed E-state index contributed by atoms with van der Waals surface area (Å²) in [5.74, 6) is 1.01. The third kappa shape index (κ3) is 2.71. The van der Waals surface area contributed by atoms with Gasteiger partial charge in [0, 0.05) is 28.1 Å². The fourth-order valence-corrected chi connectivity index (χ4v) is 2.82. The van der Waals surface area contributed by atoms with Crippen molar-refractivity contribution in [3.8, 4) is 28.6 Å². The highest BCUT2D eigenvalue weighted by atomic mass is 79.9. The molecule has 2 heterocycles. The molecule has 112 valence electrons. The van der Waals surface area contributed by atoms with Crippen LogP contribution in [0.25, 0.3) is 28.6 Å². The van der Waals surface area contributed by atoms with Crippen LogP contribution >= 0.6 is 15.9 Å². The van der Waals surface area contributed by atoms with Crippen LogP contribution in [0.1, 0.15) is 0 Å². The van der Waals surface area contributed by atoms with Gasteiger partial charge in [-0.2, -0.15) is 0 Å². The summed E-state index contributed by atoms with van der Waals surface area (Å²) in [7, 11) is 0. The molecule has 0 spiro atoms. The van der Waals surface area contributed by atoms with Crippen molar-refractivity contribution in [3.63, 3.8) is 0 Å². The third-order valence-corrected chi connectivity index (χ3v) is 4.24. The zero-order chi connectivity index (χ0) is 15.6. The van der Waals surface area contributed by atoms with Gasteiger partial charge in [0.1, 0.15) is 0 Å². The molecule has 0 N–H and O–H groups in total. The van der Waals surface area contributed by atoms with E-state index in [9.17, 15) is 0 Å². The molecule has 4 rings (SSSR count). The van der Waals surface area contributed by atoms with Crippen LogP contribution in [-0.2, 0) is 0 Å². The van der Waals surface area contributed by atoms with E-state index in [4.69, 9.17) is 4.42 Å². The highest BCUT2D eigenvalue weighted by molar-refractivity contribution is 9.10. The van der Waals surface area contributed by atoms with Gasteiger partial charge in [-0.05, 0) is 64.5 Å². The molecule has 0 radical (unpaired) electrons. The molecule has 0 bridgehead atoms. The molecule has 5 heteroatoms. The summed E-state index contributed by atoms with van der Waals surface area (Å²) in [5.41, 5.74) is 2.87. The summed E-state index contributed by atoms with van der Waals surface area (Å²) in [6.45, 7) is 0. The van der Waals surface area contributed by atoms with E-state index in [1.165, 1.54) is 0 Å². The predicted molar refractivity (Wildman–Crippen MR) is 92.2 cm³/mol. The second kappa shape index (κ2) is 5.85. The number of aromatic nitrogens is 3. The first kappa shape index (κ1) is 14.0. The van der Waals surface area contributed by atoms with Crippen LogP contribution in [0.15, 0.2) is 81.9 Å². The van der Waals surface area contributed by atoms with Crippen LogP contribution in [0.3, 0.4) is 0 Å². The van der Waals surface area contributed by atoms with E-state index >= 15 is 0 Å². The Kier molecular flexibility index (Phi) is 3.55. The zero-order valence-corrected chi connectivity index (χ0v) is 13.6. The second-order valence-corrected chi connectivity index (χ2v) is 5.88. The van der Waals surface area contributed by atoms with Crippen molar-refractivity contribution in [1.82, 2.24) is 14.8 Å². The lowest BCUT2D eigenvalue weighted by Gasteiger charge is -2.03. The molecule has 0 aliphatic rings.